The number of nitrogens with one attached hydrogen (secondary N) is 1. The topological polar surface area (TPSA) is 95.9 Å². The van der Waals surface area contributed by atoms with Gasteiger partial charge in [-0.1, -0.05) is 423 Å². The Bertz CT molecular complexity index is 1400. The highest BCUT2D eigenvalue weighted by molar-refractivity contribution is 5.76. The van der Waals surface area contributed by atoms with Gasteiger partial charge in [0, 0.05) is 12.8 Å². The summed E-state index contributed by atoms with van der Waals surface area (Å²) in [5.41, 5.74) is 0. The second-order valence-electron chi connectivity index (χ2n) is 28.5. The van der Waals surface area contributed by atoms with Gasteiger partial charge in [0.15, 0.2) is 0 Å². The lowest BCUT2D eigenvalue weighted by Crippen LogP contribution is -2.45. The van der Waals surface area contributed by atoms with E-state index < -0.39 is 12.1 Å². The summed E-state index contributed by atoms with van der Waals surface area (Å²) in [4.78, 5) is 24.6. The van der Waals surface area contributed by atoms with Crippen LogP contribution < -0.4 is 5.32 Å². The van der Waals surface area contributed by atoms with Gasteiger partial charge >= 0.3 is 5.97 Å². The van der Waals surface area contributed by atoms with E-state index in [0.29, 0.717) is 19.4 Å². The highest BCUT2D eigenvalue weighted by Gasteiger charge is 2.18. The molecule has 0 spiro atoms. The second-order valence-corrected chi connectivity index (χ2v) is 28.5. The van der Waals surface area contributed by atoms with Gasteiger partial charge in [-0.2, -0.15) is 0 Å². The Labute approximate surface area is 558 Å². The van der Waals surface area contributed by atoms with Crippen LogP contribution in [0.4, 0.5) is 0 Å². The molecule has 0 aromatic rings. The fraction of sp³-hybridized carbons (Fsp3) is 0.928. The van der Waals surface area contributed by atoms with Crippen LogP contribution in [-0.4, -0.2) is 47.4 Å². The third kappa shape index (κ3) is 75.3. The number of amides is 1. The molecule has 0 aliphatic rings. The van der Waals surface area contributed by atoms with E-state index in [9.17, 15) is 19.8 Å². The number of carbonyl (C=O) groups excluding carboxylic acids is 2. The lowest BCUT2D eigenvalue weighted by molar-refractivity contribution is -0.143. The molecule has 0 aliphatic heterocycles. The van der Waals surface area contributed by atoms with Crippen LogP contribution in [0.2, 0.25) is 0 Å². The van der Waals surface area contributed by atoms with Crippen molar-refractivity contribution in [3.05, 3.63) is 24.3 Å². The van der Waals surface area contributed by atoms with Crippen molar-refractivity contribution >= 4 is 11.9 Å². The molecule has 0 rings (SSSR count). The monoisotopic (exact) mass is 1250 g/mol. The van der Waals surface area contributed by atoms with E-state index in [0.717, 1.165) is 38.5 Å². The number of unbranched alkanes of at least 4 members (excludes halogenated alkanes) is 65. The van der Waals surface area contributed by atoms with Gasteiger partial charge < -0.3 is 20.3 Å². The molecule has 1 amide bonds. The van der Waals surface area contributed by atoms with Crippen LogP contribution in [0.1, 0.15) is 470 Å². The van der Waals surface area contributed by atoms with Gasteiger partial charge in [0.05, 0.1) is 25.4 Å². The van der Waals surface area contributed by atoms with E-state index in [1.807, 2.05) is 6.08 Å². The van der Waals surface area contributed by atoms with Crippen LogP contribution in [0, 0.1) is 0 Å². The van der Waals surface area contributed by atoms with Gasteiger partial charge in [-0.05, 0) is 57.8 Å². The summed E-state index contributed by atoms with van der Waals surface area (Å²) >= 11 is 0. The molecule has 0 aromatic heterocycles. The fourth-order valence-corrected chi connectivity index (χ4v) is 13.2. The van der Waals surface area contributed by atoms with Crippen molar-refractivity contribution in [1.82, 2.24) is 5.32 Å². The summed E-state index contributed by atoms with van der Waals surface area (Å²) in [6.07, 6.45) is 102. The number of hydrogen-bond acceptors (Lipinski definition) is 5. The Kier molecular flexibility index (Phi) is 77.3. The standard InChI is InChI=1S/C83H161NO5/c1-3-5-7-9-11-13-15-16-17-18-19-20-40-43-46-49-52-56-59-63-67-71-75-81(86)80(79-85)84-82(87)76-72-68-64-60-57-53-50-47-44-41-38-36-34-32-30-28-26-24-22-21-23-25-27-29-31-33-35-37-39-42-45-48-51-54-58-62-66-70-74-78-89-83(88)77-73-69-65-61-55-14-12-10-8-6-4-2/h21-22,71,75,80-81,85-86H,3-20,23-70,72-74,76-79H2,1-2H3,(H,84,87)/b22-21-,75-71+. The fourth-order valence-electron chi connectivity index (χ4n) is 13.2. The Morgan fingerprint density at radius 3 is 0.798 bits per heavy atom. The Balaban J connectivity index is 3.35. The SMILES string of the molecule is CCCCCCCCCCCCCCCCCCCCCC/C=C/C(O)C(CO)NC(=O)CCCCCCCCCCCCCCCCCCC/C=C\CCCCCCCCCCCCCCCCCCCCOC(=O)CCCCCCCCCCCCC. The van der Waals surface area contributed by atoms with Gasteiger partial charge in [0.1, 0.15) is 0 Å². The van der Waals surface area contributed by atoms with Crippen LogP contribution in [0.25, 0.3) is 0 Å². The minimum Gasteiger partial charge on any atom is -0.466 e. The van der Waals surface area contributed by atoms with Crippen molar-refractivity contribution in [2.45, 2.75) is 482 Å². The smallest absolute Gasteiger partial charge is 0.305 e. The summed E-state index contributed by atoms with van der Waals surface area (Å²) in [7, 11) is 0. The molecule has 0 bridgehead atoms. The molecule has 2 atom stereocenters. The summed E-state index contributed by atoms with van der Waals surface area (Å²) in [6.45, 7) is 4.96. The first-order chi connectivity index (χ1) is 44.0. The first-order valence-corrected chi connectivity index (χ1v) is 41.1. The molecule has 0 saturated carbocycles. The summed E-state index contributed by atoms with van der Waals surface area (Å²) in [5.74, 6) is -0.0355. The lowest BCUT2D eigenvalue weighted by Gasteiger charge is -2.20. The van der Waals surface area contributed by atoms with Gasteiger partial charge in [-0.15, -0.1) is 0 Å². The Morgan fingerprint density at radius 1 is 0.303 bits per heavy atom. The van der Waals surface area contributed by atoms with E-state index >= 15 is 0 Å². The number of aliphatic hydroxyl groups is 2. The van der Waals surface area contributed by atoms with Crippen molar-refractivity contribution in [1.29, 1.82) is 0 Å². The summed E-state index contributed by atoms with van der Waals surface area (Å²) in [6, 6.07) is -0.625. The zero-order chi connectivity index (χ0) is 64.2. The minimum absolute atomic E-state index is 0.0229. The largest absolute Gasteiger partial charge is 0.466 e. The molecule has 6 nitrogen and oxygen atoms in total. The van der Waals surface area contributed by atoms with Crippen molar-refractivity contribution in [3.63, 3.8) is 0 Å². The number of allylic oxidation sites excluding steroid dienone is 3. The Morgan fingerprint density at radius 2 is 0.528 bits per heavy atom. The number of hydrogen-bond donors (Lipinski definition) is 3. The Hall–Kier alpha value is -1.66. The van der Waals surface area contributed by atoms with E-state index in [4.69, 9.17) is 4.74 Å². The van der Waals surface area contributed by atoms with Crippen LogP contribution in [-0.2, 0) is 14.3 Å². The van der Waals surface area contributed by atoms with Gasteiger partial charge in [0.2, 0.25) is 5.91 Å². The maximum absolute atomic E-state index is 12.6. The molecule has 2 unspecified atom stereocenters. The van der Waals surface area contributed by atoms with E-state index in [2.05, 4.69) is 31.3 Å². The normalized spacial score (nSPS) is 12.5. The van der Waals surface area contributed by atoms with Crippen molar-refractivity contribution in [2.24, 2.45) is 0 Å². The molecular formula is C83H161NO5. The molecule has 0 fully saturated rings. The third-order valence-electron chi connectivity index (χ3n) is 19.5. The van der Waals surface area contributed by atoms with Crippen LogP contribution in [0.3, 0.4) is 0 Å². The first kappa shape index (κ1) is 87.3. The zero-order valence-electron chi connectivity index (χ0n) is 60.7. The molecule has 528 valence electrons. The van der Waals surface area contributed by atoms with Crippen LogP contribution in [0.5, 0.6) is 0 Å². The van der Waals surface area contributed by atoms with Crippen LogP contribution >= 0.6 is 0 Å². The van der Waals surface area contributed by atoms with E-state index in [1.165, 1.54) is 405 Å². The number of rotatable bonds is 78. The average molecular weight is 1250 g/mol. The maximum atomic E-state index is 12.6. The van der Waals surface area contributed by atoms with Crippen molar-refractivity contribution in [3.8, 4) is 0 Å². The molecule has 3 N–H and O–H groups in total. The highest BCUT2D eigenvalue weighted by atomic mass is 16.5. The predicted molar refractivity (Wildman–Crippen MR) is 393 cm³/mol. The van der Waals surface area contributed by atoms with Gasteiger partial charge in [0.25, 0.3) is 0 Å². The molecule has 0 heterocycles. The van der Waals surface area contributed by atoms with Crippen molar-refractivity contribution in [2.75, 3.05) is 13.2 Å². The molecule has 0 aliphatic carbocycles. The van der Waals surface area contributed by atoms with E-state index in [1.54, 1.807) is 6.08 Å². The maximum Gasteiger partial charge on any atom is 0.305 e. The molecule has 0 aromatic carbocycles. The number of ether oxygens (including phenoxy) is 1. The van der Waals surface area contributed by atoms with Crippen molar-refractivity contribution < 1.29 is 24.5 Å². The zero-order valence-corrected chi connectivity index (χ0v) is 60.7. The molecule has 89 heavy (non-hydrogen) atoms. The molecule has 0 saturated heterocycles. The number of carbonyl (C=O) groups is 2. The molecular weight excluding hydrogens is 1090 g/mol. The van der Waals surface area contributed by atoms with E-state index in [-0.39, 0.29) is 18.5 Å². The first-order valence-electron chi connectivity index (χ1n) is 41.1. The highest BCUT2D eigenvalue weighted by Crippen LogP contribution is 2.20. The summed E-state index contributed by atoms with van der Waals surface area (Å²) < 4.78 is 5.48. The van der Waals surface area contributed by atoms with Gasteiger partial charge in [-0.3, -0.25) is 9.59 Å². The predicted octanol–water partition coefficient (Wildman–Crippen LogP) is 27.2. The second kappa shape index (κ2) is 78.8. The minimum atomic E-state index is -0.842. The quantitative estimate of drug-likeness (QED) is 0.0320. The number of esters is 1. The third-order valence-corrected chi connectivity index (χ3v) is 19.5. The summed E-state index contributed by atoms with van der Waals surface area (Å²) in [5, 5.41) is 23.3. The molecule has 0 radical (unpaired) electrons. The van der Waals surface area contributed by atoms with Gasteiger partial charge in [-0.25, -0.2) is 0 Å². The number of aliphatic hydroxyl groups excluding tert-OH is 2. The lowest BCUT2D eigenvalue weighted by atomic mass is 10.0. The average Bonchev–Trinajstić information content (AvgIpc) is 3.67. The van der Waals surface area contributed by atoms with Crippen LogP contribution in [0.15, 0.2) is 24.3 Å². The molecule has 6 heteroatoms.